The van der Waals surface area contributed by atoms with Gasteiger partial charge in [-0.3, -0.25) is 14.4 Å². The first-order chi connectivity index (χ1) is 11.5. The Hall–Kier alpha value is -2.25. The fourth-order valence-electron chi connectivity index (χ4n) is 2.92. The molecule has 0 aliphatic carbocycles. The van der Waals surface area contributed by atoms with Gasteiger partial charge in [0.05, 0.1) is 39.5 Å². The van der Waals surface area contributed by atoms with Crippen molar-refractivity contribution in [2.24, 2.45) is 5.92 Å². The van der Waals surface area contributed by atoms with Gasteiger partial charge in [-0.1, -0.05) is 6.07 Å². The zero-order valence-electron chi connectivity index (χ0n) is 13.5. The number of likely N-dealkylation sites (N-methyl/N-ethyl adjacent to an activating group) is 1. The lowest BCUT2D eigenvalue weighted by Crippen LogP contribution is -3.06. The summed E-state index contributed by atoms with van der Waals surface area (Å²) in [4.78, 5) is 41.3. The fraction of sp³-hybridized carbons (Fsp3) is 0.353. The van der Waals surface area contributed by atoms with Crippen molar-refractivity contribution in [2.45, 2.75) is 6.04 Å². The topological polar surface area (TPSA) is 72.0 Å². The van der Waals surface area contributed by atoms with Gasteiger partial charge in [0.2, 0.25) is 11.6 Å². The van der Waals surface area contributed by atoms with Crippen LogP contribution >= 0.6 is 11.3 Å². The zero-order valence-corrected chi connectivity index (χ0v) is 14.3. The second-order valence-electron chi connectivity index (χ2n) is 6.10. The Morgan fingerprint density at radius 3 is 2.67 bits per heavy atom. The average molecular weight is 347 g/mol. The first kappa shape index (κ1) is 16.6. The monoisotopic (exact) mass is 347 g/mol. The van der Waals surface area contributed by atoms with Crippen LogP contribution in [0.2, 0.25) is 0 Å². The number of furan rings is 1. The Labute approximate surface area is 143 Å². The number of hydrogen-bond donors (Lipinski definition) is 1. The van der Waals surface area contributed by atoms with Crippen LogP contribution in [0, 0.1) is 5.92 Å². The van der Waals surface area contributed by atoms with E-state index in [-0.39, 0.29) is 5.76 Å². The largest absolute Gasteiger partial charge is 0.461 e. The van der Waals surface area contributed by atoms with Crippen molar-refractivity contribution >= 4 is 28.8 Å². The Morgan fingerprint density at radius 2 is 2.08 bits per heavy atom. The number of thiophene rings is 1. The van der Waals surface area contributed by atoms with Crippen LogP contribution in [0.5, 0.6) is 0 Å². The number of ketones is 2. The smallest absolute Gasteiger partial charge is 0.291 e. The number of carbonyl (C=O) groups is 3. The predicted molar refractivity (Wildman–Crippen MR) is 88.0 cm³/mol. The van der Waals surface area contributed by atoms with Crippen LogP contribution in [0.3, 0.4) is 0 Å². The SMILES string of the molecule is C[NH+](C)CCN1C(=O)C(=O)C(C(=O)c2ccco2)C1c1cccs1. The molecule has 3 rings (SSSR count). The number of Topliss-reactive ketones (excluding diaryl/α,β-unsaturated/α-hetero) is 2. The molecule has 1 saturated heterocycles. The third kappa shape index (κ3) is 2.92. The third-order valence-corrected chi connectivity index (χ3v) is 5.08. The molecular weight excluding hydrogens is 328 g/mol. The minimum absolute atomic E-state index is 0.114. The molecule has 1 aliphatic heterocycles. The molecule has 0 radical (unpaired) electrons. The Balaban J connectivity index is 1.98. The molecule has 7 heteroatoms. The van der Waals surface area contributed by atoms with Crippen molar-refractivity contribution in [1.82, 2.24) is 4.90 Å². The number of nitrogens with zero attached hydrogens (tertiary/aromatic N) is 1. The predicted octanol–water partition coefficient (Wildman–Crippen LogP) is 0.437. The van der Waals surface area contributed by atoms with Crippen molar-refractivity contribution in [1.29, 1.82) is 0 Å². The van der Waals surface area contributed by atoms with Crippen molar-refractivity contribution in [3.05, 3.63) is 46.5 Å². The molecule has 2 unspecified atom stereocenters. The van der Waals surface area contributed by atoms with Gasteiger partial charge in [0.1, 0.15) is 5.92 Å². The lowest BCUT2D eigenvalue weighted by atomic mass is 9.92. The number of nitrogens with one attached hydrogen (secondary N) is 1. The van der Waals surface area contributed by atoms with Gasteiger partial charge < -0.3 is 14.2 Å². The van der Waals surface area contributed by atoms with E-state index < -0.39 is 29.4 Å². The molecule has 0 saturated carbocycles. The summed E-state index contributed by atoms with van der Waals surface area (Å²) in [6.45, 7) is 1.12. The van der Waals surface area contributed by atoms with Gasteiger partial charge in [-0.05, 0) is 23.6 Å². The van der Waals surface area contributed by atoms with E-state index in [4.69, 9.17) is 4.42 Å². The van der Waals surface area contributed by atoms with Crippen molar-refractivity contribution in [3.8, 4) is 0 Å². The zero-order chi connectivity index (χ0) is 17.3. The molecule has 2 aromatic rings. The van der Waals surface area contributed by atoms with Crippen LogP contribution in [0.25, 0.3) is 0 Å². The standard InChI is InChI=1S/C17H18N2O4S/c1-18(2)7-8-19-14(12-6-4-10-24-12)13(16(21)17(19)22)15(20)11-5-3-9-23-11/h3-6,9-10,13-14H,7-8H2,1-2H3/p+1. The summed E-state index contributed by atoms with van der Waals surface area (Å²) in [6, 6.07) is 6.29. The van der Waals surface area contributed by atoms with Crippen LogP contribution in [0.1, 0.15) is 21.5 Å². The first-order valence-corrected chi connectivity index (χ1v) is 8.63. The highest BCUT2D eigenvalue weighted by Crippen LogP contribution is 2.39. The van der Waals surface area contributed by atoms with Gasteiger partial charge in [-0.15, -0.1) is 11.3 Å². The summed E-state index contributed by atoms with van der Waals surface area (Å²) in [5.41, 5.74) is 0. The Bertz CT molecular complexity index is 737. The molecule has 1 amide bonds. The third-order valence-electron chi connectivity index (χ3n) is 4.14. The summed E-state index contributed by atoms with van der Waals surface area (Å²) in [5, 5.41) is 1.88. The summed E-state index contributed by atoms with van der Waals surface area (Å²) in [5.74, 6) is -2.60. The number of quaternary nitrogens is 1. The van der Waals surface area contributed by atoms with Gasteiger partial charge >= 0.3 is 0 Å². The first-order valence-electron chi connectivity index (χ1n) is 7.75. The van der Waals surface area contributed by atoms with Crippen molar-refractivity contribution in [3.63, 3.8) is 0 Å². The van der Waals surface area contributed by atoms with Crippen LogP contribution in [-0.2, 0) is 9.59 Å². The normalized spacial score (nSPS) is 21.0. The molecule has 24 heavy (non-hydrogen) atoms. The van der Waals surface area contributed by atoms with E-state index in [1.54, 1.807) is 6.07 Å². The number of likely N-dealkylation sites (tertiary alicyclic amines) is 1. The average Bonchev–Trinajstić information content (AvgIpc) is 3.27. The summed E-state index contributed by atoms with van der Waals surface area (Å²) < 4.78 is 5.16. The molecule has 0 bridgehead atoms. The molecule has 1 fully saturated rings. The van der Waals surface area contributed by atoms with Crippen LogP contribution in [0.15, 0.2) is 40.3 Å². The van der Waals surface area contributed by atoms with E-state index in [0.29, 0.717) is 13.1 Å². The minimum atomic E-state index is -1.04. The van der Waals surface area contributed by atoms with E-state index in [2.05, 4.69) is 0 Å². The molecule has 3 heterocycles. The molecule has 2 aromatic heterocycles. The van der Waals surface area contributed by atoms with Crippen LogP contribution in [-0.4, -0.2) is 49.6 Å². The highest BCUT2D eigenvalue weighted by Gasteiger charge is 2.52. The molecule has 1 N–H and O–H groups in total. The Kier molecular flexibility index (Phi) is 4.64. The quantitative estimate of drug-likeness (QED) is 0.468. The maximum atomic E-state index is 12.8. The number of amides is 1. The lowest BCUT2D eigenvalue weighted by Gasteiger charge is -2.25. The number of rotatable bonds is 6. The molecular formula is C17H19N2O4S+. The van der Waals surface area contributed by atoms with Gasteiger partial charge in [0.15, 0.2) is 5.76 Å². The van der Waals surface area contributed by atoms with Gasteiger partial charge in [0, 0.05) is 4.88 Å². The summed E-state index contributed by atoms with van der Waals surface area (Å²) in [7, 11) is 3.96. The van der Waals surface area contributed by atoms with Crippen molar-refractivity contribution < 1.29 is 23.7 Å². The molecule has 6 nitrogen and oxygen atoms in total. The second-order valence-corrected chi connectivity index (χ2v) is 7.08. The van der Waals surface area contributed by atoms with Gasteiger partial charge in [-0.2, -0.15) is 0 Å². The van der Waals surface area contributed by atoms with E-state index in [1.807, 2.05) is 31.6 Å². The molecule has 0 spiro atoms. The summed E-state index contributed by atoms with van der Waals surface area (Å²) in [6.07, 6.45) is 1.39. The van der Waals surface area contributed by atoms with E-state index in [1.165, 1.54) is 33.5 Å². The highest BCUT2D eigenvalue weighted by molar-refractivity contribution is 7.10. The van der Waals surface area contributed by atoms with Gasteiger partial charge in [-0.25, -0.2) is 0 Å². The highest BCUT2D eigenvalue weighted by atomic mass is 32.1. The molecule has 2 atom stereocenters. The molecule has 126 valence electrons. The van der Waals surface area contributed by atoms with Gasteiger partial charge in [0.25, 0.3) is 5.91 Å². The van der Waals surface area contributed by atoms with E-state index in [0.717, 1.165) is 4.88 Å². The summed E-state index contributed by atoms with van der Waals surface area (Å²) >= 11 is 1.44. The Morgan fingerprint density at radius 1 is 1.29 bits per heavy atom. The number of hydrogen-bond acceptors (Lipinski definition) is 5. The fourth-order valence-corrected chi connectivity index (χ4v) is 3.79. The lowest BCUT2D eigenvalue weighted by molar-refractivity contribution is -0.857. The van der Waals surface area contributed by atoms with E-state index >= 15 is 0 Å². The maximum Gasteiger partial charge on any atom is 0.291 e. The van der Waals surface area contributed by atoms with Crippen molar-refractivity contribution in [2.75, 3.05) is 27.2 Å². The number of carbonyl (C=O) groups excluding carboxylic acids is 3. The minimum Gasteiger partial charge on any atom is -0.461 e. The molecule has 1 aliphatic rings. The van der Waals surface area contributed by atoms with E-state index in [9.17, 15) is 14.4 Å². The van der Waals surface area contributed by atoms with Crippen LogP contribution in [0.4, 0.5) is 0 Å². The molecule has 0 aromatic carbocycles. The second kappa shape index (κ2) is 6.70. The maximum absolute atomic E-state index is 12.8. The van der Waals surface area contributed by atoms with Crippen LogP contribution < -0.4 is 4.90 Å².